The topological polar surface area (TPSA) is 72.3 Å². The molecule has 2 rings (SSSR count). The molecule has 0 aliphatic rings. The van der Waals surface area contributed by atoms with Crippen LogP contribution in [0.2, 0.25) is 0 Å². The minimum atomic E-state index is -0.982. The van der Waals surface area contributed by atoms with Crippen molar-refractivity contribution in [1.82, 2.24) is 9.97 Å². The Hall–Kier alpha value is -1.73. The molecule has 0 atom stereocenters. The predicted octanol–water partition coefficient (Wildman–Crippen LogP) is 2.48. The van der Waals surface area contributed by atoms with Gasteiger partial charge in [-0.25, -0.2) is 14.4 Å². The third-order valence-electron chi connectivity index (χ3n) is 2.45. The summed E-state index contributed by atoms with van der Waals surface area (Å²) < 4.78 is 19.1. The smallest absolute Gasteiger partial charge is 0.313 e. The van der Waals surface area contributed by atoms with Crippen LogP contribution in [-0.2, 0) is 16.1 Å². The molecule has 1 N–H and O–H groups in total. The molecule has 1 heterocycles. The number of carboxylic acid groups (broad SMARTS) is 1. The number of hydrogen-bond acceptors (Lipinski definition) is 5. The van der Waals surface area contributed by atoms with Crippen molar-refractivity contribution in [2.75, 3.05) is 12.4 Å². The summed E-state index contributed by atoms with van der Waals surface area (Å²) in [6.07, 6.45) is 0. The van der Waals surface area contributed by atoms with Crippen LogP contribution in [0.25, 0.3) is 10.9 Å². The Kier molecular flexibility index (Phi) is 4.86. The van der Waals surface area contributed by atoms with Gasteiger partial charge in [-0.15, -0.1) is 0 Å². The molecule has 1 aromatic carbocycles. The highest BCUT2D eigenvalue weighted by Crippen LogP contribution is 2.27. The molecule has 0 bridgehead atoms. The van der Waals surface area contributed by atoms with Crippen LogP contribution in [0.15, 0.2) is 23.2 Å². The highest BCUT2D eigenvalue weighted by Gasteiger charge is 2.13. The van der Waals surface area contributed by atoms with Crippen molar-refractivity contribution in [3.63, 3.8) is 0 Å². The van der Waals surface area contributed by atoms with Gasteiger partial charge in [0.15, 0.2) is 5.82 Å². The number of aromatic nitrogens is 2. The van der Waals surface area contributed by atoms with Crippen molar-refractivity contribution in [3.05, 3.63) is 29.8 Å². The van der Waals surface area contributed by atoms with E-state index in [0.717, 1.165) is 11.8 Å². The van der Waals surface area contributed by atoms with Crippen molar-refractivity contribution in [2.24, 2.45) is 0 Å². The number of aliphatic carboxylic acids is 1. The number of halogens is 1. The number of carbonyl (C=O) groups is 1. The molecule has 0 spiro atoms. The van der Waals surface area contributed by atoms with E-state index in [1.807, 2.05) is 6.92 Å². The minimum absolute atomic E-state index is 0.186. The van der Waals surface area contributed by atoms with Gasteiger partial charge in [-0.3, -0.25) is 4.79 Å². The summed E-state index contributed by atoms with van der Waals surface area (Å²) in [4.78, 5) is 19.1. The summed E-state index contributed by atoms with van der Waals surface area (Å²) in [6.45, 7) is 2.58. The number of nitrogens with zero attached hydrogens (tertiary/aromatic N) is 2. The van der Waals surface area contributed by atoms with E-state index in [-0.39, 0.29) is 17.7 Å². The number of ether oxygens (including phenoxy) is 1. The van der Waals surface area contributed by atoms with E-state index in [1.165, 1.54) is 6.07 Å². The lowest BCUT2D eigenvalue weighted by Gasteiger charge is -2.08. The van der Waals surface area contributed by atoms with E-state index >= 15 is 0 Å². The quantitative estimate of drug-likeness (QED) is 0.652. The lowest BCUT2D eigenvalue weighted by atomic mass is 10.2. The van der Waals surface area contributed by atoms with Crippen molar-refractivity contribution >= 4 is 28.6 Å². The van der Waals surface area contributed by atoms with Crippen LogP contribution in [0.1, 0.15) is 12.7 Å². The number of rotatable bonds is 6. The third-order valence-corrected chi connectivity index (χ3v) is 3.41. The second-order valence-corrected chi connectivity index (χ2v) is 4.86. The minimum Gasteiger partial charge on any atom is -0.481 e. The molecule has 0 amide bonds. The Bertz CT molecular complexity index is 636. The molecular formula is C13H13FN2O3S. The van der Waals surface area contributed by atoms with Crippen LogP contribution < -0.4 is 0 Å². The van der Waals surface area contributed by atoms with E-state index in [9.17, 15) is 9.18 Å². The predicted molar refractivity (Wildman–Crippen MR) is 73.2 cm³/mol. The average Bonchev–Trinajstić information content (AvgIpc) is 2.42. The summed E-state index contributed by atoms with van der Waals surface area (Å²) in [7, 11) is 0. The third kappa shape index (κ3) is 3.43. The summed E-state index contributed by atoms with van der Waals surface area (Å²) in [5.41, 5.74) is 0.447. The van der Waals surface area contributed by atoms with Crippen LogP contribution in [0.5, 0.6) is 0 Å². The second-order valence-electron chi connectivity index (χ2n) is 3.90. The first-order valence-electron chi connectivity index (χ1n) is 5.99. The van der Waals surface area contributed by atoms with E-state index in [1.54, 1.807) is 12.1 Å². The van der Waals surface area contributed by atoms with Gasteiger partial charge >= 0.3 is 5.97 Å². The Labute approximate surface area is 119 Å². The maximum atomic E-state index is 13.9. The van der Waals surface area contributed by atoms with Gasteiger partial charge in [-0.1, -0.05) is 17.8 Å². The van der Waals surface area contributed by atoms with Crippen molar-refractivity contribution in [2.45, 2.75) is 18.6 Å². The Balaban J connectivity index is 2.45. The van der Waals surface area contributed by atoms with E-state index in [0.29, 0.717) is 23.0 Å². The molecule has 1 aromatic heterocycles. The zero-order chi connectivity index (χ0) is 14.5. The van der Waals surface area contributed by atoms with Crippen molar-refractivity contribution in [1.29, 1.82) is 0 Å². The van der Waals surface area contributed by atoms with Crippen LogP contribution >= 0.6 is 11.8 Å². The highest BCUT2D eigenvalue weighted by molar-refractivity contribution is 8.00. The zero-order valence-corrected chi connectivity index (χ0v) is 11.6. The van der Waals surface area contributed by atoms with E-state index < -0.39 is 11.8 Å². The van der Waals surface area contributed by atoms with Gasteiger partial charge in [0, 0.05) is 6.61 Å². The van der Waals surface area contributed by atoms with Crippen LogP contribution in [0, 0.1) is 5.82 Å². The molecule has 0 aliphatic heterocycles. The molecule has 106 valence electrons. The number of hydrogen-bond donors (Lipinski definition) is 1. The van der Waals surface area contributed by atoms with Gasteiger partial charge in [0.1, 0.15) is 17.5 Å². The van der Waals surface area contributed by atoms with Gasteiger partial charge < -0.3 is 9.84 Å². The van der Waals surface area contributed by atoms with Crippen LogP contribution in [0.4, 0.5) is 4.39 Å². The monoisotopic (exact) mass is 296 g/mol. The number of thioether (sulfide) groups is 1. The number of carboxylic acids is 1. The van der Waals surface area contributed by atoms with Gasteiger partial charge in [0.05, 0.1) is 16.7 Å². The standard InChI is InChI=1S/C13H13FN2O3S/c1-2-19-6-10-15-9-5-3-4-8(14)12(9)13(16-10)20-7-11(17)18/h3-5H,2,6-7H2,1H3,(H,17,18). The number of benzene rings is 1. The van der Waals surface area contributed by atoms with Crippen molar-refractivity contribution < 1.29 is 19.0 Å². The fourth-order valence-electron chi connectivity index (χ4n) is 1.65. The highest BCUT2D eigenvalue weighted by atomic mass is 32.2. The first-order valence-corrected chi connectivity index (χ1v) is 6.98. The SMILES string of the molecule is CCOCc1nc(SCC(=O)O)c2c(F)cccc2n1. The number of fused-ring (bicyclic) bond motifs is 1. The fourth-order valence-corrected chi connectivity index (χ4v) is 2.42. The average molecular weight is 296 g/mol. The van der Waals surface area contributed by atoms with Gasteiger partial charge in [-0.05, 0) is 19.1 Å². The molecular weight excluding hydrogens is 283 g/mol. The van der Waals surface area contributed by atoms with Gasteiger partial charge in [-0.2, -0.15) is 0 Å². The molecule has 0 unspecified atom stereocenters. The molecule has 0 radical (unpaired) electrons. The summed E-state index contributed by atoms with van der Waals surface area (Å²) in [5.74, 6) is -1.21. The first kappa shape index (κ1) is 14.7. The zero-order valence-electron chi connectivity index (χ0n) is 10.8. The molecule has 20 heavy (non-hydrogen) atoms. The van der Waals surface area contributed by atoms with Gasteiger partial charge in [0.25, 0.3) is 0 Å². The molecule has 0 aliphatic carbocycles. The Morgan fingerprint density at radius 2 is 2.25 bits per heavy atom. The molecule has 0 saturated heterocycles. The maximum absolute atomic E-state index is 13.9. The van der Waals surface area contributed by atoms with Crippen LogP contribution in [-0.4, -0.2) is 33.4 Å². The van der Waals surface area contributed by atoms with E-state index in [4.69, 9.17) is 9.84 Å². The Morgan fingerprint density at radius 3 is 2.95 bits per heavy atom. The summed E-state index contributed by atoms with van der Waals surface area (Å²) >= 11 is 0.974. The largest absolute Gasteiger partial charge is 0.481 e. The van der Waals surface area contributed by atoms with E-state index in [2.05, 4.69) is 9.97 Å². The molecule has 0 saturated carbocycles. The van der Waals surface area contributed by atoms with Crippen LogP contribution in [0.3, 0.4) is 0 Å². The molecule has 5 nitrogen and oxygen atoms in total. The lowest BCUT2D eigenvalue weighted by Crippen LogP contribution is -2.04. The molecule has 2 aromatic rings. The maximum Gasteiger partial charge on any atom is 0.313 e. The summed E-state index contributed by atoms with van der Waals surface area (Å²) in [5, 5.41) is 9.32. The first-order chi connectivity index (χ1) is 9.61. The van der Waals surface area contributed by atoms with Gasteiger partial charge in [0.2, 0.25) is 0 Å². The van der Waals surface area contributed by atoms with Crippen molar-refractivity contribution in [3.8, 4) is 0 Å². The molecule has 7 heteroatoms. The summed E-state index contributed by atoms with van der Waals surface area (Å²) in [6, 6.07) is 4.53. The Morgan fingerprint density at radius 1 is 1.45 bits per heavy atom. The lowest BCUT2D eigenvalue weighted by molar-refractivity contribution is -0.133. The molecule has 0 fully saturated rings. The fraction of sp³-hybridized carbons (Fsp3) is 0.308. The second kappa shape index (κ2) is 6.62. The normalized spacial score (nSPS) is 10.9.